The summed E-state index contributed by atoms with van der Waals surface area (Å²) in [5, 5.41) is 2.17. The number of hydrogen-bond donors (Lipinski definition) is 1. The van der Waals surface area contributed by atoms with E-state index >= 15 is 0 Å². The molecular formula is C21H23N3O+2. The number of benzene rings is 2. The van der Waals surface area contributed by atoms with Crippen LogP contribution in [0.25, 0.3) is 10.8 Å². The van der Waals surface area contributed by atoms with Crippen LogP contribution in [0.2, 0.25) is 0 Å². The average molecular weight is 333 g/mol. The molecule has 4 nitrogen and oxygen atoms in total. The third kappa shape index (κ3) is 3.39. The maximum Gasteiger partial charge on any atom is 0.254 e. The molecule has 25 heavy (non-hydrogen) atoms. The highest BCUT2D eigenvalue weighted by molar-refractivity contribution is 6.07. The molecule has 1 aromatic heterocycles. The average Bonchev–Trinajstić information content (AvgIpc) is 2.68. The van der Waals surface area contributed by atoms with E-state index in [1.54, 1.807) is 0 Å². The Morgan fingerprint density at radius 3 is 2.60 bits per heavy atom. The highest BCUT2D eigenvalue weighted by Crippen LogP contribution is 2.20. The van der Waals surface area contributed by atoms with Crippen molar-refractivity contribution in [2.24, 2.45) is 0 Å². The van der Waals surface area contributed by atoms with Crippen molar-refractivity contribution in [3.05, 3.63) is 78.1 Å². The first-order chi connectivity index (χ1) is 12.3. The summed E-state index contributed by atoms with van der Waals surface area (Å²) < 4.78 is 0. The van der Waals surface area contributed by atoms with Gasteiger partial charge in [0.1, 0.15) is 6.54 Å². The Morgan fingerprint density at radius 1 is 1.00 bits per heavy atom. The number of nitrogens with zero attached hydrogens (tertiary/aromatic N) is 1. The van der Waals surface area contributed by atoms with E-state index in [0.717, 1.165) is 49.1 Å². The minimum Gasteiger partial charge on any atom is -0.328 e. The Bertz CT molecular complexity index is 865. The number of amides is 1. The van der Waals surface area contributed by atoms with Crippen LogP contribution in [0, 0.1) is 0 Å². The van der Waals surface area contributed by atoms with Crippen LogP contribution in [0.5, 0.6) is 0 Å². The van der Waals surface area contributed by atoms with E-state index in [-0.39, 0.29) is 5.91 Å². The van der Waals surface area contributed by atoms with Gasteiger partial charge in [-0.2, -0.15) is 0 Å². The lowest BCUT2D eigenvalue weighted by Gasteiger charge is -2.32. The summed E-state index contributed by atoms with van der Waals surface area (Å²) in [6, 6.07) is 18.3. The highest BCUT2D eigenvalue weighted by Gasteiger charge is 2.25. The number of aromatic nitrogens is 1. The van der Waals surface area contributed by atoms with Crippen molar-refractivity contribution in [1.82, 2.24) is 4.90 Å². The third-order valence-corrected chi connectivity index (χ3v) is 5.00. The summed E-state index contributed by atoms with van der Waals surface area (Å²) in [6.45, 7) is 4.62. The second-order valence-electron chi connectivity index (χ2n) is 6.66. The summed E-state index contributed by atoms with van der Waals surface area (Å²) in [7, 11) is 0. The summed E-state index contributed by atoms with van der Waals surface area (Å²) in [5.41, 5.74) is 2.13. The maximum atomic E-state index is 13.0. The monoisotopic (exact) mass is 333 g/mol. The van der Waals surface area contributed by atoms with Gasteiger partial charge in [-0.05, 0) is 22.9 Å². The van der Waals surface area contributed by atoms with Crippen molar-refractivity contribution >= 4 is 16.7 Å². The zero-order valence-corrected chi connectivity index (χ0v) is 14.2. The largest absolute Gasteiger partial charge is 0.328 e. The maximum absolute atomic E-state index is 13.0. The molecule has 1 aliphatic rings. The normalized spacial score (nSPS) is 15.4. The first kappa shape index (κ1) is 15.8. The van der Waals surface area contributed by atoms with Crippen molar-refractivity contribution in [3.63, 3.8) is 0 Å². The van der Waals surface area contributed by atoms with E-state index in [1.807, 2.05) is 47.5 Å². The number of fused-ring (bicyclic) bond motifs is 1. The van der Waals surface area contributed by atoms with Crippen molar-refractivity contribution in [3.8, 4) is 0 Å². The molecule has 0 saturated carbocycles. The van der Waals surface area contributed by atoms with Gasteiger partial charge >= 0.3 is 0 Å². The third-order valence-electron chi connectivity index (χ3n) is 5.00. The van der Waals surface area contributed by atoms with Crippen molar-refractivity contribution in [1.29, 1.82) is 0 Å². The molecule has 1 aliphatic heterocycles. The number of carbonyl (C=O) groups is 1. The number of aromatic amines is 1. The molecule has 3 aromatic rings. The Balaban J connectivity index is 1.44. The molecule has 2 aromatic carbocycles. The van der Waals surface area contributed by atoms with Crippen molar-refractivity contribution < 1.29 is 14.7 Å². The lowest BCUT2D eigenvalue weighted by Crippen LogP contribution is -3.13. The zero-order valence-electron chi connectivity index (χ0n) is 14.2. The number of carbonyl (C=O) groups excluding carboxylic acids is 1. The summed E-state index contributed by atoms with van der Waals surface area (Å²) in [4.78, 5) is 19.7. The SMILES string of the molecule is O=C(c1cccc2ccccc12)N1CC[NH+](Cc2ccc[nH+]c2)CC1. The minimum absolute atomic E-state index is 0.156. The molecule has 0 unspecified atom stereocenters. The molecule has 0 atom stereocenters. The lowest BCUT2D eigenvalue weighted by molar-refractivity contribution is -0.917. The fraction of sp³-hybridized carbons (Fsp3) is 0.238. The van der Waals surface area contributed by atoms with Crippen LogP contribution in [0.1, 0.15) is 15.9 Å². The fourth-order valence-electron chi connectivity index (χ4n) is 3.61. The Morgan fingerprint density at radius 2 is 1.80 bits per heavy atom. The van der Waals surface area contributed by atoms with Crippen molar-refractivity contribution in [2.45, 2.75) is 6.54 Å². The summed E-state index contributed by atoms with van der Waals surface area (Å²) in [6.07, 6.45) is 3.99. The fourth-order valence-corrected chi connectivity index (χ4v) is 3.61. The molecule has 1 amide bonds. The van der Waals surface area contributed by atoms with Gasteiger partial charge in [0.2, 0.25) is 0 Å². The van der Waals surface area contributed by atoms with Gasteiger partial charge in [0, 0.05) is 11.6 Å². The predicted molar refractivity (Wildman–Crippen MR) is 97.2 cm³/mol. The van der Waals surface area contributed by atoms with Crippen LogP contribution in [-0.2, 0) is 6.54 Å². The molecule has 1 fully saturated rings. The van der Waals surface area contributed by atoms with E-state index in [4.69, 9.17) is 0 Å². The number of H-pyrrole nitrogens is 1. The van der Waals surface area contributed by atoms with Crippen LogP contribution in [0.4, 0.5) is 0 Å². The van der Waals surface area contributed by atoms with Gasteiger partial charge in [0.15, 0.2) is 12.4 Å². The zero-order chi connectivity index (χ0) is 17.1. The molecule has 2 N–H and O–H groups in total. The first-order valence-electron chi connectivity index (χ1n) is 8.87. The second-order valence-corrected chi connectivity index (χ2v) is 6.66. The summed E-state index contributed by atoms with van der Waals surface area (Å²) in [5.74, 6) is 0.156. The van der Waals surface area contributed by atoms with Crippen LogP contribution in [0.15, 0.2) is 67.0 Å². The van der Waals surface area contributed by atoms with E-state index in [0.29, 0.717) is 0 Å². The molecule has 126 valence electrons. The number of rotatable bonds is 3. The van der Waals surface area contributed by atoms with Gasteiger partial charge in [-0.3, -0.25) is 4.79 Å². The first-order valence-corrected chi connectivity index (χ1v) is 8.87. The summed E-state index contributed by atoms with van der Waals surface area (Å²) >= 11 is 0. The standard InChI is InChI=1S/C21H21N3O/c25-21(20-9-3-7-18-6-1-2-8-19(18)20)24-13-11-23(12-14-24)16-17-5-4-10-22-15-17/h1-10,15H,11-14,16H2/p+2. The van der Waals surface area contributed by atoms with E-state index in [1.165, 1.54) is 10.5 Å². The predicted octanol–water partition coefficient (Wildman–Crippen LogP) is 1.19. The lowest BCUT2D eigenvalue weighted by atomic mass is 10.0. The second kappa shape index (κ2) is 7.03. The van der Waals surface area contributed by atoms with Crippen LogP contribution in [0.3, 0.4) is 0 Å². The van der Waals surface area contributed by atoms with Crippen molar-refractivity contribution in [2.75, 3.05) is 26.2 Å². The molecule has 4 heteroatoms. The van der Waals surface area contributed by atoms with Gasteiger partial charge in [0.05, 0.1) is 31.7 Å². The van der Waals surface area contributed by atoms with Gasteiger partial charge in [-0.25, -0.2) is 4.98 Å². The highest BCUT2D eigenvalue weighted by atomic mass is 16.2. The van der Waals surface area contributed by atoms with Crippen LogP contribution in [-0.4, -0.2) is 37.0 Å². The molecular weight excluding hydrogens is 310 g/mol. The molecule has 2 heterocycles. The van der Waals surface area contributed by atoms with Gasteiger partial charge in [-0.1, -0.05) is 36.4 Å². The molecule has 4 rings (SSSR count). The molecule has 0 radical (unpaired) electrons. The number of hydrogen-bond acceptors (Lipinski definition) is 1. The Hall–Kier alpha value is -2.72. The smallest absolute Gasteiger partial charge is 0.254 e. The van der Waals surface area contributed by atoms with E-state index in [9.17, 15) is 4.79 Å². The number of nitrogens with one attached hydrogen (secondary N) is 2. The Labute approximate surface area is 147 Å². The molecule has 0 bridgehead atoms. The van der Waals surface area contributed by atoms with Gasteiger partial charge < -0.3 is 9.80 Å². The van der Waals surface area contributed by atoms with E-state index < -0.39 is 0 Å². The van der Waals surface area contributed by atoms with E-state index in [2.05, 4.69) is 29.4 Å². The van der Waals surface area contributed by atoms with Crippen LogP contribution < -0.4 is 9.88 Å². The number of pyridine rings is 1. The van der Waals surface area contributed by atoms with Gasteiger partial charge in [0.25, 0.3) is 5.91 Å². The number of quaternary nitrogens is 1. The van der Waals surface area contributed by atoms with Gasteiger partial charge in [-0.15, -0.1) is 0 Å². The molecule has 0 aliphatic carbocycles. The molecule has 1 saturated heterocycles. The van der Waals surface area contributed by atoms with Crippen LogP contribution >= 0.6 is 0 Å². The topological polar surface area (TPSA) is 38.9 Å². The Kier molecular flexibility index (Phi) is 4.44. The quantitative estimate of drug-likeness (QED) is 0.768. The number of piperazine rings is 1. The minimum atomic E-state index is 0.156. The molecule has 0 spiro atoms.